The number of carbonyl (C=O) groups is 2. The van der Waals surface area contributed by atoms with Crippen LogP contribution in [0.5, 0.6) is 0 Å². The van der Waals surface area contributed by atoms with Crippen LogP contribution in [0.25, 0.3) is 31.7 Å². The number of rotatable bonds is 0. The third-order valence-corrected chi connectivity index (χ3v) is 8.84. The van der Waals surface area contributed by atoms with E-state index >= 15 is 0 Å². The van der Waals surface area contributed by atoms with E-state index in [1.807, 2.05) is 38.1 Å². The van der Waals surface area contributed by atoms with E-state index < -0.39 is 0 Å². The molecule has 2 aromatic heterocycles. The van der Waals surface area contributed by atoms with Gasteiger partial charge in [0.2, 0.25) is 0 Å². The van der Waals surface area contributed by atoms with Crippen molar-refractivity contribution in [2.45, 2.75) is 27.7 Å². The van der Waals surface area contributed by atoms with Gasteiger partial charge < -0.3 is 0 Å². The van der Waals surface area contributed by atoms with Gasteiger partial charge >= 0.3 is 0 Å². The Labute approximate surface area is 170 Å². The topological polar surface area (TPSA) is 34.1 Å². The summed E-state index contributed by atoms with van der Waals surface area (Å²) in [7, 11) is 0. The Morgan fingerprint density at radius 1 is 0.571 bits per heavy atom. The first-order chi connectivity index (χ1) is 13.4. The molecular weight excluding hydrogens is 384 g/mol. The summed E-state index contributed by atoms with van der Waals surface area (Å²) < 4.78 is 0. The number of ketones is 2. The Morgan fingerprint density at radius 2 is 0.929 bits per heavy atom. The molecule has 28 heavy (non-hydrogen) atoms. The zero-order valence-corrected chi connectivity index (χ0v) is 17.6. The molecule has 0 bridgehead atoms. The third kappa shape index (κ3) is 1.70. The first-order valence-electron chi connectivity index (χ1n) is 9.30. The highest BCUT2D eigenvalue weighted by atomic mass is 32.1. The average molecular weight is 401 g/mol. The highest BCUT2D eigenvalue weighted by Gasteiger charge is 2.35. The lowest BCUT2D eigenvalue weighted by Crippen LogP contribution is -2.14. The van der Waals surface area contributed by atoms with Crippen LogP contribution >= 0.6 is 22.7 Å². The largest absolute Gasteiger partial charge is 0.289 e. The van der Waals surface area contributed by atoms with Gasteiger partial charge in [0, 0.05) is 63.7 Å². The predicted octanol–water partition coefficient (Wildman–Crippen LogP) is 6.62. The molecule has 2 aliphatic carbocycles. The fourth-order valence-electron chi connectivity index (χ4n) is 4.70. The summed E-state index contributed by atoms with van der Waals surface area (Å²) in [4.78, 5) is 31.2. The molecule has 0 aliphatic heterocycles. The van der Waals surface area contributed by atoms with Crippen molar-refractivity contribution in [1.82, 2.24) is 0 Å². The second-order valence-corrected chi connectivity index (χ2v) is 10.2. The Bertz CT molecular complexity index is 1320. The molecule has 0 spiro atoms. The zero-order chi connectivity index (χ0) is 19.5. The van der Waals surface area contributed by atoms with Crippen molar-refractivity contribution < 1.29 is 9.59 Å². The molecule has 0 N–H and O–H groups in total. The van der Waals surface area contributed by atoms with E-state index in [1.165, 1.54) is 9.75 Å². The van der Waals surface area contributed by atoms with Crippen LogP contribution in [0.1, 0.15) is 52.7 Å². The van der Waals surface area contributed by atoms with Gasteiger partial charge in [0.1, 0.15) is 0 Å². The van der Waals surface area contributed by atoms with Gasteiger partial charge in [-0.25, -0.2) is 0 Å². The molecule has 4 aromatic rings. The highest BCUT2D eigenvalue weighted by molar-refractivity contribution is 7.16. The minimum atomic E-state index is 0.0878. The molecule has 2 aromatic carbocycles. The van der Waals surface area contributed by atoms with Crippen molar-refractivity contribution in [3.8, 4) is 20.9 Å². The van der Waals surface area contributed by atoms with E-state index in [0.29, 0.717) is 0 Å². The standard InChI is InChI=1S/C24H16O2S2/c1-9-11(3)27-23-15-7-6-14-20-16(8-5-13(19(15)20)21(25)17(9)23)24-18(22(14)26)10(2)12(4)28-24/h5-8H,1-4H3. The number of hydrogen-bond acceptors (Lipinski definition) is 4. The lowest BCUT2D eigenvalue weighted by Gasteiger charge is -2.24. The molecule has 0 saturated carbocycles. The SMILES string of the molecule is Cc1sc2c(c1C)C(=O)c1ccc3c4c(ccc-2c14)C(=O)c1c-3sc(C)c1C. The summed E-state index contributed by atoms with van der Waals surface area (Å²) in [6.45, 7) is 8.21. The van der Waals surface area contributed by atoms with Crippen LogP contribution in [0.2, 0.25) is 0 Å². The van der Waals surface area contributed by atoms with Crippen molar-refractivity contribution in [3.05, 3.63) is 67.4 Å². The van der Waals surface area contributed by atoms with Crippen molar-refractivity contribution in [3.63, 3.8) is 0 Å². The minimum Gasteiger partial charge on any atom is -0.289 e. The summed E-state index contributed by atoms with van der Waals surface area (Å²) >= 11 is 3.37. The molecule has 4 heteroatoms. The maximum atomic E-state index is 13.4. The van der Waals surface area contributed by atoms with E-state index in [2.05, 4.69) is 13.8 Å². The maximum absolute atomic E-state index is 13.4. The van der Waals surface area contributed by atoms with Gasteiger partial charge in [-0.1, -0.05) is 12.1 Å². The molecule has 2 heterocycles. The Balaban J connectivity index is 1.83. The van der Waals surface area contributed by atoms with E-state index in [1.54, 1.807) is 22.7 Å². The van der Waals surface area contributed by atoms with Crippen LogP contribution < -0.4 is 0 Å². The van der Waals surface area contributed by atoms with Crippen molar-refractivity contribution in [2.24, 2.45) is 0 Å². The summed E-state index contributed by atoms with van der Waals surface area (Å²) in [6, 6.07) is 8.02. The van der Waals surface area contributed by atoms with E-state index in [9.17, 15) is 9.59 Å². The molecule has 0 amide bonds. The van der Waals surface area contributed by atoms with Crippen molar-refractivity contribution in [2.75, 3.05) is 0 Å². The predicted molar refractivity (Wildman–Crippen MR) is 116 cm³/mol. The van der Waals surface area contributed by atoms with Gasteiger partial charge in [-0.05, 0) is 51.0 Å². The first kappa shape index (κ1) is 16.4. The van der Waals surface area contributed by atoms with Crippen LogP contribution in [0.4, 0.5) is 0 Å². The number of benzene rings is 2. The van der Waals surface area contributed by atoms with Crippen LogP contribution in [-0.2, 0) is 0 Å². The summed E-state index contributed by atoms with van der Waals surface area (Å²) in [5.74, 6) is 0.176. The molecule has 2 nitrogen and oxygen atoms in total. The lowest BCUT2D eigenvalue weighted by atomic mass is 9.78. The highest BCUT2D eigenvalue weighted by Crippen LogP contribution is 2.52. The third-order valence-electron chi connectivity index (χ3n) is 6.36. The summed E-state index contributed by atoms with van der Waals surface area (Å²) in [5, 5.41) is 1.91. The van der Waals surface area contributed by atoms with Crippen LogP contribution in [0, 0.1) is 27.7 Å². The normalized spacial score (nSPS) is 13.9. The molecule has 6 rings (SSSR count). The van der Waals surface area contributed by atoms with E-state index in [-0.39, 0.29) is 11.6 Å². The maximum Gasteiger partial charge on any atom is 0.195 e. The number of fused-ring (bicyclic) bond motifs is 4. The number of aryl methyl sites for hydroxylation is 2. The molecule has 0 saturated heterocycles. The number of hydrogen-bond donors (Lipinski definition) is 0. The Hall–Kier alpha value is -2.56. The average Bonchev–Trinajstić information content (AvgIpc) is 3.15. The monoisotopic (exact) mass is 400 g/mol. The molecule has 0 fully saturated rings. The van der Waals surface area contributed by atoms with Crippen LogP contribution in [-0.4, -0.2) is 11.6 Å². The zero-order valence-electron chi connectivity index (χ0n) is 15.9. The van der Waals surface area contributed by atoms with Gasteiger partial charge in [0.05, 0.1) is 0 Å². The molecule has 136 valence electrons. The summed E-state index contributed by atoms with van der Waals surface area (Å²) in [6.07, 6.45) is 0. The summed E-state index contributed by atoms with van der Waals surface area (Å²) in [5.41, 5.74) is 7.46. The van der Waals surface area contributed by atoms with Gasteiger partial charge in [0.25, 0.3) is 0 Å². The lowest BCUT2D eigenvalue weighted by molar-refractivity contribution is 0.103. The van der Waals surface area contributed by atoms with Gasteiger partial charge in [-0.2, -0.15) is 0 Å². The molecule has 0 radical (unpaired) electrons. The quantitative estimate of drug-likeness (QED) is 0.287. The number of thiophene rings is 2. The Kier molecular flexibility index (Phi) is 2.97. The Morgan fingerprint density at radius 3 is 1.32 bits per heavy atom. The smallest absolute Gasteiger partial charge is 0.195 e. The van der Waals surface area contributed by atoms with Crippen LogP contribution in [0.15, 0.2) is 24.3 Å². The fourth-order valence-corrected chi connectivity index (χ4v) is 7.08. The first-order valence-corrected chi connectivity index (χ1v) is 10.9. The minimum absolute atomic E-state index is 0.0878. The van der Waals surface area contributed by atoms with Crippen LogP contribution in [0.3, 0.4) is 0 Å². The second kappa shape index (κ2) is 5.07. The molecule has 2 aliphatic rings. The second-order valence-electron chi connectivity index (χ2n) is 7.70. The van der Waals surface area contributed by atoms with Crippen molar-refractivity contribution >= 4 is 45.0 Å². The van der Waals surface area contributed by atoms with Gasteiger partial charge in [0.15, 0.2) is 11.6 Å². The van der Waals surface area contributed by atoms with Gasteiger partial charge in [-0.3, -0.25) is 9.59 Å². The molecule has 0 atom stereocenters. The van der Waals surface area contributed by atoms with Crippen molar-refractivity contribution in [1.29, 1.82) is 0 Å². The van der Waals surface area contributed by atoms with Gasteiger partial charge in [-0.15, -0.1) is 22.7 Å². The van der Waals surface area contributed by atoms with E-state index in [4.69, 9.17) is 0 Å². The molecule has 0 unspecified atom stereocenters. The fraction of sp³-hybridized carbons (Fsp3) is 0.167. The number of carbonyl (C=O) groups excluding carboxylic acids is 2. The van der Waals surface area contributed by atoms with E-state index in [0.717, 1.165) is 65.0 Å². The molecular formula is C24H16O2S2.